The fraction of sp³-hybridized carbons (Fsp3) is 0.120. The molecule has 8 nitrogen and oxygen atoms in total. The summed E-state index contributed by atoms with van der Waals surface area (Å²) in [7, 11) is 1.53. The molecule has 1 atom stereocenters. The predicted molar refractivity (Wildman–Crippen MR) is 120 cm³/mol. The Balaban J connectivity index is 1.83. The van der Waals surface area contributed by atoms with Crippen molar-refractivity contribution >= 4 is 23.1 Å². The summed E-state index contributed by atoms with van der Waals surface area (Å²) in [5.74, 6) is -1.33. The van der Waals surface area contributed by atoms with Gasteiger partial charge in [0.25, 0.3) is 17.4 Å². The van der Waals surface area contributed by atoms with Crippen molar-refractivity contribution in [3.63, 3.8) is 0 Å². The van der Waals surface area contributed by atoms with Crippen molar-refractivity contribution in [3.05, 3.63) is 111 Å². The summed E-state index contributed by atoms with van der Waals surface area (Å²) in [5, 5.41) is 22.0. The maximum atomic E-state index is 13.1. The van der Waals surface area contributed by atoms with Gasteiger partial charge in [0.15, 0.2) is 0 Å². The summed E-state index contributed by atoms with van der Waals surface area (Å²) < 4.78 is 5.21. The molecule has 0 bridgehead atoms. The lowest BCUT2D eigenvalue weighted by Crippen LogP contribution is -2.29. The van der Waals surface area contributed by atoms with Gasteiger partial charge < -0.3 is 14.7 Å². The van der Waals surface area contributed by atoms with Gasteiger partial charge in [-0.05, 0) is 35.4 Å². The highest BCUT2D eigenvalue weighted by Gasteiger charge is 2.46. The largest absolute Gasteiger partial charge is 0.507 e. The predicted octanol–water partition coefficient (Wildman–Crippen LogP) is 4.23. The summed E-state index contributed by atoms with van der Waals surface area (Å²) in [6, 6.07) is 20.4. The third-order valence-electron chi connectivity index (χ3n) is 5.52. The fourth-order valence-corrected chi connectivity index (χ4v) is 3.85. The van der Waals surface area contributed by atoms with Crippen LogP contribution in [0.15, 0.2) is 84.4 Å². The molecule has 1 amide bonds. The lowest BCUT2D eigenvalue weighted by atomic mass is 9.95. The number of carbonyl (C=O) groups excluding carboxylic acids is 2. The van der Waals surface area contributed by atoms with Crippen LogP contribution < -0.4 is 4.74 Å². The first-order valence-corrected chi connectivity index (χ1v) is 10.1. The lowest BCUT2D eigenvalue weighted by Gasteiger charge is -2.25. The summed E-state index contributed by atoms with van der Waals surface area (Å²) in [4.78, 5) is 37.9. The van der Waals surface area contributed by atoms with E-state index < -0.39 is 22.7 Å². The summed E-state index contributed by atoms with van der Waals surface area (Å²) >= 11 is 0. The van der Waals surface area contributed by atoms with Gasteiger partial charge in [0, 0.05) is 24.2 Å². The first-order chi connectivity index (χ1) is 15.9. The smallest absolute Gasteiger partial charge is 0.295 e. The Morgan fingerprint density at radius 3 is 2.21 bits per heavy atom. The number of carbonyl (C=O) groups is 2. The second-order valence-corrected chi connectivity index (χ2v) is 7.49. The molecule has 166 valence electrons. The lowest BCUT2D eigenvalue weighted by molar-refractivity contribution is -0.384. The number of ether oxygens (including phenoxy) is 1. The Kier molecular flexibility index (Phi) is 5.91. The zero-order valence-electron chi connectivity index (χ0n) is 17.7. The standard InChI is InChI=1S/C25H20N2O6/c1-33-20-13-9-17(10-14-20)22-21(23(28)18-7-11-19(12-8-18)27(31)32)24(29)25(30)26(22)15-16-5-3-2-4-6-16/h2-14,22,28H,15H2,1H3/b23-21+/t22-/m1/s1. The molecular formula is C25H20N2O6. The number of non-ortho nitro benzene ring substituents is 1. The fourth-order valence-electron chi connectivity index (χ4n) is 3.85. The van der Waals surface area contributed by atoms with E-state index >= 15 is 0 Å². The van der Waals surface area contributed by atoms with E-state index in [4.69, 9.17) is 4.74 Å². The second-order valence-electron chi connectivity index (χ2n) is 7.49. The average molecular weight is 444 g/mol. The molecule has 1 fully saturated rings. The number of hydrogen-bond donors (Lipinski definition) is 1. The van der Waals surface area contributed by atoms with Gasteiger partial charge >= 0.3 is 0 Å². The normalized spacial score (nSPS) is 17.2. The Bertz CT molecular complexity index is 1230. The van der Waals surface area contributed by atoms with Crippen LogP contribution in [0.2, 0.25) is 0 Å². The number of methoxy groups -OCH3 is 1. The first kappa shape index (κ1) is 21.8. The molecule has 1 N–H and O–H groups in total. The number of amides is 1. The van der Waals surface area contributed by atoms with E-state index in [0.717, 1.165) is 5.56 Å². The Morgan fingerprint density at radius 2 is 1.64 bits per heavy atom. The van der Waals surface area contributed by atoms with Gasteiger partial charge in [0.1, 0.15) is 11.5 Å². The van der Waals surface area contributed by atoms with Crippen LogP contribution in [-0.4, -0.2) is 33.7 Å². The van der Waals surface area contributed by atoms with Gasteiger partial charge in [-0.3, -0.25) is 19.7 Å². The van der Waals surface area contributed by atoms with Crippen LogP contribution in [0.5, 0.6) is 5.75 Å². The minimum Gasteiger partial charge on any atom is -0.507 e. The zero-order chi connectivity index (χ0) is 23.5. The van der Waals surface area contributed by atoms with E-state index in [1.54, 1.807) is 24.3 Å². The average Bonchev–Trinajstić information content (AvgIpc) is 3.09. The molecule has 1 aliphatic heterocycles. The van der Waals surface area contributed by atoms with Crippen molar-refractivity contribution < 1.29 is 24.4 Å². The molecule has 1 saturated heterocycles. The molecule has 33 heavy (non-hydrogen) atoms. The summed E-state index contributed by atoms with van der Waals surface area (Å²) in [5.41, 5.74) is 1.43. The highest BCUT2D eigenvalue weighted by molar-refractivity contribution is 6.46. The molecule has 4 rings (SSSR count). The van der Waals surface area contributed by atoms with Crippen LogP contribution in [0.3, 0.4) is 0 Å². The van der Waals surface area contributed by atoms with Crippen LogP contribution in [0.4, 0.5) is 5.69 Å². The second kappa shape index (κ2) is 8.96. The number of nitro groups is 1. The maximum absolute atomic E-state index is 13.1. The van der Waals surface area contributed by atoms with Crippen LogP contribution in [0, 0.1) is 10.1 Å². The topological polar surface area (TPSA) is 110 Å². The number of ketones is 1. The number of aliphatic hydroxyl groups is 1. The monoisotopic (exact) mass is 444 g/mol. The van der Waals surface area contributed by atoms with Crippen LogP contribution in [0.25, 0.3) is 5.76 Å². The number of nitro benzene ring substituents is 1. The zero-order valence-corrected chi connectivity index (χ0v) is 17.7. The van der Waals surface area contributed by atoms with Gasteiger partial charge in [-0.15, -0.1) is 0 Å². The Hall–Kier alpha value is -4.46. The molecular weight excluding hydrogens is 424 g/mol. The van der Waals surface area contributed by atoms with Crippen LogP contribution in [0.1, 0.15) is 22.7 Å². The van der Waals surface area contributed by atoms with Crippen molar-refractivity contribution in [1.82, 2.24) is 4.90 Å². The van der Waals surface area contributed by atoms with Crippen molar-refractivity contribution in [2.24, 2.45) is 0 Å². The Labute approximate surface area is 189 Å². The minimum atomic E-state index is -0.841. The third-order valence-corrected chi connectivity index (χ3v) is 5.52. The van der Waals surface area contributed by atoms with E-state index in [1.165, 1.54) is 36.3 Å². The number of likely N-dealkylation sites (tertiary alicyclic amines) is 1. The molecule has 0 aromatic heterocycles. The SMILES string of the molecule is COc1ccc([C@@H]2/C(=C(\O)c3ccc([N+](=O)[O-])cc3)C(=O)C(=O)N2Cc2ccccc2)cc1. The third kappa shape index (κ3) is 4.18. The Morgan fingerprint density at radius 1 is 1.00 bits per heavy atom. The molecule has 0 spiro atoms. The highest BCUT2D eigenvalue weighted by atomic mass is 16.6. The molecule has 8 heteroatoms. The number of hydrogen-bond acceptors (Lipinski definition) is 6. The first-order valence-electron chi connectivity index (χ1n) is 10.1. The van der Waals surface area contributed by atoms with Crippen LogP contribution >= 0.6 is 0 Å². The number of benzene rings is 3. The molecule has 0 unspecified atom stereocenters. The molecule has 1 heterocycles. The number of nitrogens with zero attached hydrogens (tertiary/aromatic N) is 2. The van der Waals surface area contributed by atoms with E-state index in [-0.39, 0.29) is 29.1 Å². The highest BCUT2D eigenvalue weighted by Crippen LogP contribution is 2.40. The minimum absolute atomic E-state index is 0.0741. The van der Waals surface area contributed by atoms with Crippen molar-refractivity contribution in [2.75, 3.05) is 7.11 Å². The van der Waals surface area contributed by atoms with Crippen LogP contribution in [-0.2, 0) is 16.1 Å². The van der Waals surface area contributed by atoms with Crippen molar-refractivity contribution in [2.45, 2.75) is 12.6 Å². The van der Waals surface area contributed by atoms with Crippen molar-refractivity contribution in [3.8, 4) is 5.75 Å². The number of aliphatic hydroxyl groups excluding tert-OH is 1. The van der Waals surface area contributed by atoms with Gasteiger partial charge in [-0.25, -0.2) is 0 Å². The van der Waals surface area contributed by atoms with E-state index in [0.29, 0.717) is 11.3 Å². The van der Waals surface area contributed by atoms with E-state index in [1.807, 2.05) is 30.3 Å². The maximum Gasteiger partial charge on any atom is 0.295 e. The quantitative estimate of drug-likeness (QED) is 0.200. The summed E-state index contributed by atoms with van der Waals surface area (Å²) in [6.07, 6.45) is 0. The molecule has 3 aromatic carbocycles. The molecule has 0 aliphatic carbocycles. The van der Waals surface area contributed by atoms with Crippen molar-refractivity contribution in [1.29, 1.82) is 0 Å². The molecule has 3 aromatic rings. The van der Waals surface area contributed by atoms with E-state index in [2.05, 4.69) is 0 Å². The van der Waals surface area contributed by atoms with Gasteiger partial charge in [-0.1, -0.05) is 42.5 Å². The van der Waals surface area contributed by atoms with Gasteiger partial charge in [0.2, 0.25) is 0 Å². The molecule has 0 saturated carbocycles. The number of rotatable bonds is 6. The number of Topliss-reactive ketones (excluding diaryl/α,β-unsaturated/α-hetero) is 1. The molecule has 1 aliphatic rings. The molecule has 0 radical (unpaired) electrons. The van der Waals surface area contributed by atoms with Gasteiger partial charge in [-0.2, -0.15) is 0 Å². The van der Waals surface area contributed by atoms with Gasteiger partial charge in [0.05, 0.1) is 23.6 Å². The summed E-state index contributed by atoms with van der Waals surface area (Å²) in [6.45, 7) is 0.166. The van der Waals surface area contributed by atoms with E-state index in [9.17, 15) is 24.8 Å².